The van der Waals surface area contributed by atoms with E-state index in [2.05, 4.69) is 20.7 Å². The second-order valence-electron chi connectivity index (χ2n) is 8.88. The van der Waals surface area contributed by atoms with Gasteiger partial charge in [-0.15, -0.1) is 21.5 Å². The minimum absolute atomic E-state index is 0.123. The fourth-order valence-electron chi connectivity index (χ4n) is 4.16. The lowest BCUT2D eigenvalue weighted by Gasteiger charge is -2.31. The van der Waals surface area contributed by atoms with Gasteiger partial charge in [0, 0.05) is 23.3 Å². The van der Waals surface area contributed by atoms with Gasteiger partial charge in [-0.3, -0.25) is 14.5 Å². The van der Waals surface area contributed by atoms with Gasteiger partial charge in [-0.2, -0.15) is 4.80 Å². The number of nitrogens with zero attached hydrogens (tertiary/aromatic N) is 5. The van der Waals surface area contributed by atoms with Crippen molar-refractivity contribution in [3.05, 3.63) is 112 Å². The molecule has 0 aliphatic carbocycles. The highest BCUT2D eigenvalue weighted by atomic mass is 35.5. The van der Waals surface area contributed by atoms with Crippen molar-refractivity contribution in [2.24, 2.45) is 0 Å². The molecule has 0 bridgehead atoms. The van der Waals surface area contributed by atoms with E-state index >= 15 is 0 Å². The van der Waals surface area contributed by atoms with E-state index in [1.54, 1.807) is 60.7 Å². The van der Waals surface area contributed by atoms with E-state index in [9.17, 15) is 14.0 Å². The molecule has 12 heteroatoms. The molecule has 9 nitrogen and oxygen atoms in total. The van der Waals surface area contributed by atoms with Crippen molar-refractivity contribution in [3.8, 4) is 16.5 Å². The lowest BCUT2D eigenvalue weighted by Crippen LogP contribution is -2.45. The predicted octanol–water partition coefficient (Wildman–Crippen LogP) is 5.29. The Balaban J connectivity index is 1.51. The largest absolute Gasteiger partial charge is 0.497 e. The molecule has 0 spiro atoms. The first-order valence-electron chi connectivity index (χ1n) is 12.5. The summed E-state index contributed by atoms with van der Waals surface area (Å²) < 4.78 is 18.8. The molecule has 0 unspecified atom stereocenters. The fourth-order valence-corrected chi connectivity index (χ4v) is 4.93. The van der Waals surface area contributed by atoms with Crippen molar-refractivity contribution in [2.75, 3.05) is 12.0 Å². The van der Waals surface area contributed by atoms with Crippen LogP contribution in [0.15, 0.2) is 90.3 Å². The Hall–Kier alpha value is -4.61. The first-order valence-corrected chi connectivity index (χ1v) is 13.7. The summed E-state index contributed by atoms with van der Waals surface area (Å²) in [6.07, 6.45) is 0. The highest BCUT2D eigenvalue weighted by Crippen LogP contribution is 2.31. The number of carbonyl (C=O) groups is 2. The molecule has 2 amide bonds. The summed E-state index contributed by atoms with van der Waals surface area (Å²) in [6, 6.07) is 22.0. The molecule has 2 aromatic heterocycles. The Kier molecular flexibility index (Phi) is 8.66. The SMILES string of the molecule is COc1cccc(N(C(=O)Cn2nnc(-c3cccs3)n2)[C@H](C(=O)NCc2ccc(F)cc2)c2ccc(Cl)cc2)c1. The lowest BCUT2D eigenvalue weighted by molar-refractivity contribution is -0.127. The second kappa shape index (κ2) is 12.7. The third-order valence-corrected chi connectivity index (χ3v) is 7.26. The number of thiophene rings is 1. The van der Waals surface area contributed by atoms with Crippen LogP contribution in [0.3, 0.4) is 0 Å². The molecule has 5 aromatic rings. The van der Waals surface area contributed by atoms with Crippen molar-refractivity contribution in [2.45, 2.75) is 19.1 Å². The minimum atomic E-state index is -1.10. The van der Waals surface area contributed by atoms with Crippen LogP contribution in [0.2, 0.25) is 5.02 Å². The van der Waals surface area contributed by atoms with Crippen LogP contribution < -0.4 is 15.0 Å². The van der Waals surface area contributed by atoms with E-state index in [0.717, 1.165) is 4.88 Å². The average Bonchev–Trinajstić information content (AvgIpc) is 3.69. The van der Waals surface area contributed by atoms with E-state index in [1.807, 2.05) is 17.5 Å². The normalized spacial score (nSPS) is 11.6. The van der Waals surface area contributed by atoms with Gasteiger partial charge in [0.1, 0.15) is 24.2 Å². The Morgan fingerprint density at radius 2 is 1.85 bits per heavy atom. The molecular formula is C29H24ClFN6O3S. The van der Waals surface area contributed by atoms with Crippen LogP contribution in [0.5, 0.6) is 5.75 Å². The first-order chi connectivity index (χ1) is 19.9. The zero-order valence-electron chi connectivity index (χ0n) is 21.8. The average molecular weight is 591 g/mol. The Bertz CT molecular complexity index is 1630. The zero-order valence-corrected chi connectivity index (χ0v) is 23.3. The maximum absolute atomic E-state index is 14.0. The standard InChI is InChI=1S/C29H24ClFN6O3S/c1-40-24-5-2-4-23(16-24)37(26(38)18-36-34-28(33-35-36)25-6-3-15-41-25)27(20-9-11-21(30)12-10-20)29(39)32-17-19-7-13-22(31)14-8-19/h2-16,27H,17-18H2,1H3,(H,32,39)/t27-/m0/s1. The van der Waals surface area contributed by atoms with E-state index in [4.69, 9.17) is 16.3 Å². The van der Waals surface area contributed by atoms with Crippen LogP contribution in [-0.4, -0.2) is 39.1 Å². The summed E-state index contributed by atoms with van der Waals surface area (Å²) in [5.74, 6) is -0.408. The number of amides is 2. The number of tetrazole rings is 1. The summed E-state index contributed by atoms with van der Waals surface area (Å²) in [4.78, 5) is 31.3. The second-order valence-corrected chi connectivity index (χ2v) is 10.3. The van der Waals surface area contributed by atoms with Gasteiger partial charge in [-0.05, 0) is 64.2 Å². The quantitative estimate of drug-likeness (QED) is 0.237. The van der Waals surface area contributed by atoms with Crippen LogP contribution in [0.25, 0.3) is 10.7 Å². The van der Waals surface area contributed by atoms with Crippen molar-refractivity contribution in [1.29, 1.82) is 0 Å². The molecule has 208 valence electrons. The predicted molar refractivity (Wildman–Crippen MR) is 154 cm³/mol. The highest BCUT2D eigenvalue weighted by Gasteiger charge is 2.33. The maximum Gasteiger partial charge on any atom is 0.251 e. The number of methoxy groups -OCH3 is 1. The number of anilines is 1. The van der Waals surface area contributed by atoms with Crippen LogP contribution in [0.4, 0.5) is 10.1 Å². The van der Waals surface area contributed by atoms with Crippen molar-refractivity contribution in [3.63, 3.8) is 0 Å². The van der Waals surface area contributed by atoms with Gasteiger partial charge < -0.3 is 10.1 Å². The molecular weight excluding hydrogens is 567 g/mol. The van der Waals surface area contributed by atoms with E-state index in [0.29, 0.717) is 33.4 Å². The van der Waals surface area contributed by atoms with Gasteiger partial charge in [0.05, 0.1) is 12.0 Å². The number of benzene rings is 3. The summed E-state index contributed by atoms with van der Waals surface area (Å²) in [5, 5.41) is 17.7. The van der Waals surface area contributed by atoms with Crippen molar-refractivity contribution in [1.82, 2.24) is 25.5 Å². The Morgan fingerprint density at radius 1 is 1.07 bits per heavy atom. The molecule has 0 radical (unpaired) electrons. The number of hydrogen-bond acceptors (Lipinski definition) is 7. The number of rotatable bonds is 10. The highest BCUT2D eigenvalue weighted by molar-refractivity contribution is 7.13. The number of hydrogen-bond donors (Lipinski definition) is 1. The molecule has 1 atom stereocenters. The van der Waals surface area contributed by atoms with Gasteiger partial charge in [-0.1, -0.05) is 48.0 Å². The summed E-state index contributed by atoms with van der Waals surface area (Å²) in [5.41, 5.74) is 1.64. The third-order valence-electron chi connectivity index (χ3n) is 6.14. The molecule has 41 heavy (non-hydrogen) atoms. The summed E-state index contributed by atoms with van der Waals surface area (Å²) in [7, 11) is 1.52. The summed E-state index contributed by atoms with van der Waals surface area (Å²) in [6.45, 7) is -0.164. The molecule has 2 heterocycles. The van der Waals surface area contributed by atoms with E-state index in [-0.39, 0.29) is 18.9 Å². The molecule has 5 rings (SSSR count). The Labute approximate surface area is 244 Å². The molecule has 0 saturated heterocycles. The van der Waals surface area contributed by atoms with Gasteiger partial charge in [0.2, 0.25) is 11.7 Å². The molecule has 0 aliphatic heterocycles. The summed E-state index contributed by atoms with van der Waals surface area (Å²) >= 11 is 7.60. The van der Waals surface area contributed by atoms with Gasteiger partial charge in [0.15, 0.2) is 0 Å². The van der Waals surface area contributed by atoms with Gasteiger partial charge >= 0.3 is 0 Å². The molecule has 0 saturated carbocycles. The molecule has 3 aromatic carbocycles. The van der Waals surface area contributed by atoms with Crippen LogP contribution in [0, 0.1) is 5.82 Å². The van der Waals surface area contributed by atoms with Crippen LogP contribution in [0.1, 0.15) is 17.2 Å². The molecule has 1 N–H and O–H groups in total. The minimum Gasteiger partial charge on any atom is -0.497 e. The number of aromatic nitrogens is 4. The smallest absolute Gasteiger partial charge is 0.251 e. The first kappa shape index (κ1) is 27.9. The number of carbonyl (C=O) groups excluding carboxylic acids is 2. The number of ether oxygens (including phenoxy) is 1. The van der Waals surface area contributed by atoms with Gasteiger partial charge in [0.25, 0.3) is 5.91 Å². The van der Waals surface area contributed by atoms with Crippen LogP contribution >= 0.6 is 22.9 Å². The van der Waals surface area contributed by atoms with Crippen molar-refractivity contribution >= 4 is 40.4 Å². The van der Waals surface area contributed by atoms with Crippen LogP contribution in [-0.2, 0) is 22.7 Å². The lowest BCUT2D eigenvalue weighted by atomic mass is 10.0. The molecule has 0 fully saturated rings. The van der Waals surface area contributed by atoms with E-state index in [1.165, 1.54) is 40.3 Å². The number of halogens is 2. The molecule has 0 aliphatic rings. The van der Waals surface area contributed by atoms with Crippen molar-refractivity contribution < 1.29 is 18.7 Å². The van der Waals surface area contributed by atoms with E-state index < -0.39 is 17.9 Å². The number of nitrogens with one attached hydrogen (secondary N) is 1. The third kappa shape index (κ3) is 6.76. The fraction of sp³-hybridized carbons (Fsp3) is 0.138. The Morgan fingerprint density at radius 3 is 2.56 bits per heavy atom. The zero-order chi connectivity index (χ0) is 28.8. The topological polar surface area (TPSA) is 102 Å². The van der Waals surface area contributed by atoms with Gasteiger partial charge in [-0.25, -0.2) is 4.39 Å². The monoisotopic (exact) mass is 590 g/mol. The maximum atomic E-state index is 14.0.